The molecule has 0 radical (unpaired) electrons. The van der Waals surface area contributed by atoms with Crippen molar-refractivity contribution in [2.24, 2.45) is 0 Å². The van der Waals surface area contributed by atoms with Gasteiger partial charge in [-0.25, -0.2) is 4.79 Å². The highest BCUT2D eigenvalue weighted by Crippen LogP contribution is 2.22. The van der Waals surface area contributed by atoms with Crippen molar-refractivity contribution >= 4 is 27.4 Å². The van der Waals surface area contributed by atoms with E-state index in [-0.39, 0.29) is 5.97 Å². The number of hydrogen-bond donors (Lipinski definition) is 0. The summed E-state index contributed by atoms with van der Waals surface area (Å²) in [6.45, 7) is 2.18. The molecule has 2 aromatic rings. The molecule has 2 aromatic heterocycles. The highest BCUT2D eigenvalue weighted by Gasteiger charge is 2.14. The first-order valence-corrected chi connectivity index (χ1v) is 5.46. The van der Waals surface area contributed by atoms with Gasteiger partial charge in [-0.2, -0.15) is 0 Å². The molecule has 78 valence electrons. The lowest BCUT2D eigenvalue weighted by Gasteiger charge is -2.01. The summed E-state index contributed by atoms with van der Waals surface area (Å²) >= 11 is 3.41. The fraction of sp³-hybridized carbons (Fsp3) is 0.182. The number of aromatic nitrogens is 1. The second-order valence-electron chi connectivity index (χ2n) is 3.05. The maximum absolute atomic E-state index is 11.6. The molecule has 0 atom stereocenters. The number of carbonyl (C=O) groups excluding carboxylic acids is 1. The number of hydrogen-bond acceptors (Lipinski definition) is 2. The largest absolute Gasteiger partial charge is 0.461 e. The zero-order valence-corrected chi connectivity index (χ0v) is 9.82. The van der Waals surface area contributed by atoms with Gasteiger partial charge in [0, 0.05) is 10.7 Å². The first-order chi connectivity index (χ1) is 7.24. The van der Waals surface area contributed by atoms with Crippen LogP contribution in [0.1, 0.15) is 17.4 Å². The summed E-state index contributed by atoms with van der Waals surface area (Å²) in [6.07, 6.45) is 1.84. The van der Waals surface area contributed by atoms with Crippen LogP contribution in [0, 0.1) is 0 Å². The summed E-state index contributed by atoms with van der Waals surface area (Å²) < 4.78 is 7.67. The smallest absolute Gasteiger partial charge is 0.355 e. The van der Waals surface area contributed by atoms with Gasteiger partial charge in [0.25, 0.3) is 0 Å². The molecular formula is C11H10BrNO2. The molecule has 0 aliphatic rings. The average Bonchev–Trinajstić information content (AvgIpc) is 2.58. The van der Waals surface area contributed by atoms with Crippen LogP contribution in [0.2, 0.25) is 0 Å². The maximum Gasteiger partial charge on any atom is 0.355 e. The number of fused-ring (bicyclic) bond motifs is 1. The minimum Gasteiger partial charge on any atom is -0.461 e. The molecule has 0 aliphatic heterocycles. The quantitative estimate of drug-likeness (QED) is 0.784. The van der Waals surface area contributed by atoms with E-state index in [0.717, 1.165) is 9.99 Å². The second kappa shape index (κ2) is 4.06. The molecule has 0 fully saturated rings. The second-order valence-corrected chi connectivity index (χ2v) is 3.91. The van der Waals surface area contributed by atoms with Crippen molar-refractivity contribution < 1.29 is 9.53 Å². The zero-order chi connectivity index (χ0) is 10.8. The number of rotatable bonds is 2. The lowest BCUT2D eigenvalue weighted by Crippen LogP contribution is -2.07. The summed E-state index contributed by atoms with van der Waals surface area (Å²) in [5.41, 5.74) is 1.50. The van der Waals surface area contributed by atoms with Gasteiger partial charge in [0.1, 0.15) is 5.69 Å². The number of esters is 1. The molecule has 3 nitrogen and oxygen atoms in total. The first-order valence-electron chi connectivity index (χ1n) is 4.66. The molecule has 0 saturated carbocycles. The topological polar surface area (TPSA) is 30.7 Å². The summed E-state index contributed by atoms with van der Waals surface area (Å²) in [7, 11) is 0. The zero-order valence-electron chi connectivity index (χ0n) is 8.24. The van der Waals surface area contributed by atoms with Crippen LogP contribution >= 0.6 is 15.9 Å². The minimum absolute atomic E-state index is 0.301. The van der Waals surface area contributed by atoms with E-state index in [2.05, 4.69) is 15.9 Å². The van der Waals surface area contributed by atoms with E-state index >= 15 is 0 Å². The predicted octanol–water partition coefficient (Wildman–Crippen LogP) is 2.88. The van der Waals surface area contributed by atoms with Gasteiger partial charge in [-0.15, -0.1) is 0 Å². The van der Waals surface area contributed by atoms with Crippen molar-refractivity contribution in [3.8, 4) is 0 Å². The summed E-state index contributed by atoms with van der Waals surface area (Å²) in [5.74, 6) is -0.301. The monoisotopic (exact) mass is 267 g/mol. The van der Waals surface area contributed by atoms with Gasteiger partial charge < -0.3 is 9.14 Å². The van der Waals surface area contributed by atoms with Gasteiger partial charge in [-0.3, -0.25) is 0 Å². The average molecular weight is 268 g/mol. The molecule has 2 heterocycles. The van der Waals surface area contributed by atoms with E-state index in [1.54, 1.807) is 13.0 Å². The van der Waals surface area contributed by atoms with E-state index in [4.69, 9.17) is 4.74 Å². The number of carbonyl (C=O) groups is 1. The van der Waals surface area contributed by atoms with Crippen molar-refractivity contribution in [3.63, 3.8) is 0 Å². The van der Waals surface area contributed by atoms with Crippen LogP contribution in [-0.4, -0.2) is 17.0 Å². The van der Waals surface area contributed by atoms with Gasteiger partial charge in [-0.05, 0) is 41.1 Å². The Hall–Kier alpha value is -1.29. The van der Waals surface area contributed by atoms with Gasteiger partial charge >= 0.3 is 5.97 Å². The van der Waals surface area contributed by atoms with Gasteiger partial charge in [0.15, 0.2) is 0 Å². The van der Waals surface area contributed by atoms with Gasteiger partial charge in [0.2, 0.25) is 0 Å². The number of ether oxygens (including phenoxy) is 1. The molecule has 15 heavy (non-hydrogen) atoms. The first kappa shape index (κ1) is 10.2. The SMILES string of the molecule is CCOC(=O)c1cc(Br)c2ccccn12. The Labute approximate surface area is 95.8 Å². The Kier molecular flexibility index (Phi) is 2.77. The van der Waals surface area contributed by atoms with Crippen LogP contribution in [0.25, 0.3) is 5.52 Å². The van der Waals surface area contributed by atoms with Crippen LogP contribution in [0.15, 0.2) is 34.9 Å². The standard InChI is InChI=1S/C11H10BrNO2/c1-2-15-11(14)10-7-8(12)9-5-3-4-6-13(9)10/h3-7H,2H2,1H3. The number of pyridine rings is 1. The molecule has 4 heteroatoms. The van der Waals surface area contributed by atoms with E-state index in [9.17, 15) is 4.79 Å². The molecule has 0 saturated heterocycles. The molecule has 0 unspecified atom stereocenters. The highest BCUT2D eigenvalue weighted by atomic mass is 79.9. The maximum atomic E-state index is 11.6. The van der Waals surface area contributed by atoms with Crippen LogP contribution in [0.5, 0.6) is 0 Å². The van der Waals surface area contributed by atoms with Crippen LogP contribution in [0.4, 0.5) is 0 Å². The molecular weight excluding hydrogens is 258 g/mol. The number of nitrogens with zero attached hydrogens (tertiary/aromatic N) is 1. The van der Waals surface area contributed by atoms with Crippen molar-refractivity contribution in [3.05, 3.63) is 40.6 Å². The van der Waals surface area contributed by atoms with Crippen molar-refractivity contribution in [1.82, 2.24) is 4.40 Å². The molecule has 0 aliphatic carbocycles. The van der Waals surface area contributed by atoms with Crippen LogP contribution < -0.4 is 0 Å². The molecule has 0 spiro atoms. The van der Waals surface area contributed by atoms with E-state index in [0.29, 0.717) is 12.3 Å². The van der Waals surface area contributed by atoms with Gasteiger partial charge in [0.05, 0.1) is 12.1 Å². The lowest BCUT2D eigenvalue weighted by molar-refractivity contribution is 0.0518. The van der Waals surface area contributed by atoms with Crippen molar-refractivity contribution in [2.45, 2.75) is 6.92 Å². The van der Waals surface area contributed by atoms with Crippen LogP contribution in [0.3, 0.4) is 0 Å². The third kappa shape index (κ3) is 1.77. The lowest BCUT2D eigenvalue weighted by atomic mass is 10.4. The molecule has 0 bridgehead atoms. The normalized spacial score (nSPS) is 10.5. The molecule has 0 amide bonds. The Balaban J connectivity index is 2.57. The molecule has 2 rings (SSSR count). The molecule has 0 N–H and O–H groups in total. The summed E-state index contributed by atoms with van der Waals surface area (Å²) in [6, 6.07) is 7.51. The summed E-state index contributed by atoms with van der Waals surface area (Å²) in [4.78, 5) is 11.6. The highest BCUT2D eigenvalue weighted by molar-refractivity contribution is 9.10. The van der Waals surface area contributed by atoms with E-state index < -0.39 is 0 Å². The molecule has 0 aromatic carbocycles. The van der Waals surface area contributed by atoms with E-state index in [1.165, 1.54) is 0 Å². The van der Waals surface area contributed by atoms with Crippen molar-refractivity contribution in [1.29, 1.82) is 0 Å². The minimum atomic E-state index is -0.301. The van der Waals surface area contributed by atoms with Crippen LogP contribution in [-0.2, 0) is 4.74 Å². The number of halogens is 1. The third-order valence-corrected chi connectivity index (χ3v) is 2.75. The fourth-order valence-corrected chi connectivity index (χ4v) is 2.01. The fourth-order valence-electron chi connectivity index (χ4n) is 1.47. The Morgan fingerprint density at radius 3 is 3.07 bits per heavy atom. The van der Waals surface area contributed by atoms with Crippen molar-refractivity contribution in [2.75, 3.05) is 6.61 Å². The Morgan fingerprint density at radius 1 is 1.53 bits per heavy atom. The van der Waals surface area contributed by atoms with E-state index in [1.807, 2.05) is 28.8 Å². The predicted molar refractivity (Wildman–Crippen MR) is 61.1 cm³/mol. The third-order valence-electron chi connectivity index (χ3n) is 2.11. The summed E-state index contributed by atoms with van der Waals surface area (Å²) in [5, 5.41) is 0. The van der Waals surface area contributed by atoms with Gasteiger partial charge in [-0.1, -0.05) is 6.07 Å². The Bertz CT molecular complexity index is 504. The Morgan fingerprint density at radius 2 is 2.33 bits per heavy atom.